The topological polar surface area (TPSA) is 78.5 Å². The van der Waals surface area contributed by atoms with Crippen molar-refractivity contribution in [3.05, 3.63) is 29.1 Å². The Kier molecular flexibility index (Phi) is 4.48. The number of benzene rings is 1. The number of carbonyl (C=O) groups is 3. The van der Waals surface area contributed by atoms with Gasteiger partial charge >= 0.3 is 0 Å². The van der Waals surface area contributed by atoms with Crippen LogP contribution in [0.15, 0.2) is 12.1 Å². The third-order valence-corrected chi connectivity index (χ3v) is 5.66. The van der Waals surface area contributed by atoms with E-state index in [2.05, 4.69) is 10.6 Å². The Morgan fingerprint density at radius 2 is 1.88 bits per heavy atom. The molecular formula is C19H22FN3O3. The van der Waals surface area contributed by atoms with Gasteiger partial charge in [-0.25, -0.2) is 4.39 Å². The van der Waals surface area contributed by atoms with Gasteiger partial charge in [0, 0.05) is 50.0 Å². The number of halogens is 1. The number of anilines is 1. The van der Waals surface area contributed by atoms with Crippen LogP contribution in [0, 0.1) is 17.7 Å². The van der Waals surface area contributed by atoms with Gasteiger partial charge in [-0.1, -0.05) is 0 Å². The summed E-state index contributed by atoms with van der Waals surface area (Å²) in [5, 5.41) is 5.57. The molecule has 7 heteroatoms. The number of imide groups is 1. The SMILES string of the molecule is O=C1CCC(CC2Cc3cc(F)c(N4CCNCC4)cc3C2=O)C(=O)N1. The van der Waals surface area contributed by atoms with Gasteiger partial charge in [0.15, 0.2) is 5.78 Å². The molecule has 2 fully saturated rings. The number of rotatable bonds is 3. The Morgan fingerprint density at radius 3 is 2.62 bits per heavy atom. The number of piperidine rings is 1. The largest absolute Gasteiger partial charge is 0.367 e. The molecule has 2 saturated heterocycles. The van der Waals surface area contributed by atoms with Gasteiger partial charge in [0.25, 0.3) is 0 Å². The summed E-state index contributed by atoms with van der Waals surface area (Å²) in [5.74, 6) is -1.49. The lowest BCUT2D eigenvalue weighted by Crippen LogP contribution is -2.44. The second kappa shape index (κ2) is 6.79. The van der Waals surface area contributed by atoms with Gasteiger partial charge in [-0.2, -0.15) is 0 Å². The van der Waals surface area contributed by atoms with E-state index in [-0.39, 0.29) is 35.3 Å². The van der Waals surface area contributed by atoms with Crippen LogP contribution >= 0.6 is 0 Å². The summed E-state index contributed by atoms with van der Waals surface area (Å²) in [6, 6.07) is 3.16. The summed E-state index contributed by atoms with van der Waals surface area (Å²) >= 11 is 0. The van der Waals surface area contributed by atoms with E-state index in [9.17, 15) is 18.8 Å². The molecule has 2 amide bonds. The van der Waals surface area contributed by atoms with Crippen molar-refractivity contribution in [3.63, 3.8) is 0 Å². The van der Waals surface area contributed by atoms with E-state index >= 15 is 0 Å². The quantitative estimate of drug-likeness (QED) is 0.789. The number of hydrogen-bond acceptors (Lipinski definition) is 5. The average Bonchev–Trinajstić information content (AvgIpc) is 2.92. The lowest BCUT2D eigenvalue weighted by molar-refractivity contribution is -0.136. The van der Waals surface area contributed by atoms with Gasteiger partial charge in [-0.05, 0) is 37.0 Å². The van der Waals surface area contributed by atoms with E-state index in [1.165, 1.54) is 6.07 Å². The van der Waals surface area contributed by atoms with Crippen LogP contribution in [0.5, 0.6) is 0 Å². The molecule has 138 valence electrons. The Balaban J connectivity index is 1.52. The van der Waals surface area contributed by atoms with E-state index in [0.717, 1.165) is 18.7 Å². The number of ketones is 1. The number of nitrogens with zero attached hydrogens (tertiary/aromatic N) is 1. The molecule has 1 aromatic rings. The van der Waals surface area contributed by atoms with E-state index in [1.807, 2.05) is 4.90 Å². The van der Waals surface area contributed by atoms with Crippen molar-refractivity contribution in [1.29, 1.82) is 0 Å². The molecule has 0 saturated carbocycles. The molecule has 0 radical (unpaired) electrons. The summed E-state index contributed by atoms with van der Waals surface area (Å²) in [5.41, 5.74) is 1.79. The minimum atomic E-state index is -0.326. The first-order chi connectivity index (χ1) is 12.5. The highest BCUT2D eigenvalue weighted by molar-refractivity contribution is 6.04. The third kappa shape index (κ3) is 3.11. The predicted molar refractivity (Wildman–Crippen MR) is 93.5 cm³/mol. The monoisotopic (exact) mass is 359 g/mol. The summed E-state index contributed by atoms with van der Waals surface area (Å²) in [4.78, 5) is 38.0. The molecule has 26 heavy (non-hydrogen) atoms. The van der Waals surface area contributed by atoms with Crippen LogP contribution in [-0.4, -0.2) is 43.8 Å². The fourth-order valence-corrected chi connectivity index (χ4v) is 4.22. The molecule has 3 aliphatic rings. The number of piperazine rings is 1. The highest BCUT2D eigenvalue weighted by Gasteiger charge is 2.37. The fraction of sp³-hybridized carbons (Fsp3) is 0.526. The van der Waals surface area contributed by atoms with Crippen molar-refractivity contribution in [2.75, 3.05) is 31.1 Å². The van der Waals surface area contributed by atoms with E-state index in [1.54, 1.807) is 6.07 Å². The van der Waals surface area contributed by atoms with Crippen LogP contribution in [-0.2, 0) is 16.0 Å². The second-order valence-corrected chi connectivity index (χ2v) is 7.35. The first kappa shape index (κ1) is 17.1. The van der Waals surface area contributed by atoms with E-state index in [0.29, 0.717) is 50.0 Å². The van der Waals surface area contributed by atoms with Crippen molar-refractivity contribution in [3.8, 4) is 0 Å². The van der Waals surface area contributed by atoms with Gasteiger partial charge in [-0.3, -0.25) is 19.7 Å². The normalized spacial score (nSPS) is 26.0. The molecule has 2 unspecified atom stereocenters. The number of fused-ring (bicyclic) bond motifs is 1. The Labute approximate surface area is 151 Å². The number of nitrogens with one attached hydrogen (secondary N) is 2. The first-order valence-corrected chi connectivity index (χ1v) is 9.19. The van der Waals surface area contributed by atoms with Crippen molar-refractivity contribution in [2.24, 2.45) is 11.8 Å². The molecular weight excluding hydrogens is 337 g/mol. The molecule has 2 N–H and O–H groups in total. The smallest absolute Gasteiger partial charge is 0.229 e. The predicted octanol–water partition coefficient (Wildman–Crippen LogP) is 1.03. The minimum absolute atomic E-state index is 0.0129. The molecule has 0 spiro atoms. The van der Waals surface area contributed by atoms with Crippen LogP contribution < -0.4 is 15.5 Å². The van der Waals surface area contributed by atoms with Crippen LogP contribution in [0.2, 0.25) is 0 Å². The summed E-state index contributed by atoms with van der Waals surface area (Å²) in [6.07, 6.45) is 1.67. The van der Waals surface area contributed by atoms with Crippen LogP contribution in [0.25, 0.3) is 0 Å². The minimum Gasteiger partial charge on any atom is -0.367 e. The number of Topliss-reactive ketones (excluding diaryl/α,β-unsaturated/α-hetero) is 1. The maximum Gasteiger partial charge on any atom is 0.229 e. The van der Waals surface area contributed by atoms with Crippen molar-refractivity contribution >= 4 is 23.3 Å². The average molecular weight is 359 g/mol. The number of hydrogen-bond donors (Lipinski definition) is 2. The van der Waals surface area contributed by atoms with Gasteiger partial charge in [-0.15, -0.1) is 0 Å². The Bertz CT molecular complexity index is 774. The molecule has 4 rings (SSSR count). The summed E-state index contributed by atoms with van der Waals surface area (Å²) < 4.78 is 14.6. The molecule has 2 heterocycles. The summed E-state index contributed by atoms with van der Waals surface area (Å²) in [7, 11) is 0. The zero-order chi connectivity index (χ0) is 18.3. The van der Waals surface area contributed by atoms with Gasteiger partial charge in [0.05, 0.1) is 5.69 Å². The Morgan fingerprint density at radius 1 is 1.12 bits per heavy atom. The molecule has 1 aromatic carbocycles. The van der Waals surface area contributed by atoms with Gasteiger partial charge < -0.3 is 10.2 Å². The van der Waals surface area contributed by atoms with Crippen LogP contribution in [0.4, 0.5) is 10.1 Å². The van der Waals surface area contributed by atoms with Crippen molar-refractivity contribution in [2.45, 2.75) is 25.7 Å². The zero-order valence-corrected chi connectivity index (χ0v) is 14.5. The maximum atomic E-state index is 14.6. The molecule has 2 aliphatic heterocycles. The molecule has 0 aromatic heterocycles. The number of amides is 2. The standard InChI is InChI=1S/C19H22FN3O3/c20-15-9-12-8-13(7-11-1-2-17(24)22-19(11)26)18(25)14(12)10-16(15)23-5-3-21-4-6-23/h9-11,13,21H,1-8H2,(H,22,24,26). The second-order valence-electron chi connectivity index (χ2n) is 7.35. The molecule has 0 bridgehead atoms. The van der Waals surface area contributed by atoms with Crippen LogP contribution in [0.3, 0.4) is 0 Å². The molecule has 1 aliphatic carbocycles. The van der Waals surface area contributed by atoms with Gasteiger partial charge in [0.1, 0.15) is 5.82 Å². The lowest BCUT2D eigenvalue weighted by Gasteiger charge is -2.30. The molecule has 2 atom stereocenters. The highest BCUT2D eigenvalue weighted by Crippen LogP contribution is 2.36. The zero-order valence-electron chi connectivity index (χ0n) is 14.5. The van der Waals surface area contributed by atoms with Crippen molar-refractivity contribution < 1.29 is 18.8 Å². The van der Waals surface area contributed by atoms with Crippen LogP contribution in [0.1, 0.15) is 35.2 Å². The third-order valence-electron chi connectivity index (χ3n) is 5.66. The van der Waals surface area contributed by atoms with E-state index in [4.69, 9.17) is 0 Å². The highest BCUT2D eigenvalue weighted by atomic mass is 19.1. The molecule has 6 nitrogen and oxygen atoms in total. The fourth-order valence-electron chi connectivity index (χ4n) is 4.22. The van der Waals surface area contributed by atoms with Crippen molar-refractivity contribution in [1.82, 2.24) is 10.6 Å². The summed E-state index contributed by atoms with van der Waals surface area (Å²) in [6.45, 7) is 3.01. The van der Waals surface area contributed by atoms with Gasteiger partial charge in [0.2, 0.25) is 11.8 Å². The first-order valence-electron chi connectivity index (χ1n) is 9.19. The lowest BCUT2D eigenvalue weighted by atomic mass is 9.86. The number of carbonyl (C=O) groups excluding carboxylic acids is 3. The van der Waals surface area contributed by atoms with E-state index < -0.39 is 0 Å². The Hall–Kier alpha value is -2.28. The maximum absolute atomic E-state index is 14.6.